The Morgan fingerprint density at radius 3 is 2.76 bits per heavy atom. The lowest BCUT2D eigenvalue weighted by molar-refractivity contribution is 0.0374. The lowest BCUT2D eigenvalue weighted by Gasteiger charge is -2.50. The molecule has 2 bridgehead atoms. The quantitative estimate of drug-likeness (QED) is 0.602. The molecule has 0 aromatic heterocycles. The fourth-order valence-corrected chi connectivity index (χ4v) is 5.37. The molecule has 7 heteroatoms. The van der Waals surface area contributed by atoms with Gasteiger partial charge < -0.3 is 15.0 Å². The van der Waals surface area contributed by atoms with Crippen molar-refractivity contribution >= 4 is 17.6 Å². The molecule has 1 N–H and O–H groups in total. The van der Waals surface area contributed by atoms with Crippen LogP contribution in [0.1, 0.15) is 46.4 Å². The number of amides is 3. The predicted molar refractivity (Wildman–Crippen MR) is 125 cm³/mol. The summed E-state index contributed by atoms with van der Waals surface area (Å²) in [5.41, 5.74) is 3.26. The van der Waals surface area contributed by atoms with Gasteiger partial charge in [0.05, 0.1) is 11.7 Å². The first-order valence-electron chi connectivity index (χ1n) is 11.5. The summed E-state index contributed by atoms with van der Waals surface area (Å²) in [6.07, 6.45) is 1.32. The first kappa shape index (κ1) is 20.7. The highest BCUT2D eigenvalue weighted by molar-refractivity contribution is 5.99. The molecule has 2 unspecified atom stereocenters. The highest BCUT2D eigenvalue weighted by Crippen LogP contribution is 2.45. The van der Waals surface area contributed by atoms with Crippen LogP contribution in [-0.2, 0) is 13.0 Å². The molecule has 3 aliphatic heterocycles. The molecule has 3 aliphatic rings. The highest BCUT2D eigenvalue weighted by atomic mass is 19.1. The molecule has 0 spiro atoms. The number of carbonyl (C=O) groups is 2. The number of rotatable bonds is 2. The maximum atomic E-state index is 13.9. The Hall–Kier alpha value is -3.87. The molecule has 3 heterocycles. The van der Waals surface area contributed by atoms with Gasteiger partial charge in [-0.05, 0) is 48.7 Å². The van der Waals surface area contributed by atoms with Gasteiger partial charge in [0.25, 0.3) is 5.91 Å². The fraction of sp³-hybridized carbons (Fsp3) is 0.259. The summed E-state index contributed by atoms with van der Waals surface area (Å²) in [5, 5.41) is 3.01. The molecule has 6 nitrogen and oxygen atoms in total. The van der Waals surface area contributed by atoms with E-state index in [9.17, 15) is 14.0 Å². The molecule has 3 amide bonds. The summed E-state index contributed by atoms with van der Waals surface area (Å²) >= 11 is 0. The summed E-state index contributed by atoms with van der Waals surface area (Å²) in [4.78, 5) is 29.9. The number of hydrogen-bond acceptors (Lipinski definition) is 3. The van der Waals surface area contributed by atoms with Gasteiger partial charge in [-0.15, -0.1) is 0 Å². The highest BCUT2D eigenvalue weighted by Gasteiger charge is 2.50. The topological polar surface area (TPSA) is 61.9 Å². The van der Waals surface area contributed by atoms with E-state index in [4.69, 9.17) is 4.74 Å². The first-order valence-corrected chi connectivity index (χ1v) is 11.5. The average molecular weight is 458 g/mol. The summed E-state index contributed by atoms with van der Waals surface area (Å²) in [5.74, 6) is -0.0485. The van der Waals surface area contributed by atoms with Gasteiger partial charge in [0.2, 0.25) is 0 Å². The van der Waals surface area contributed by atoms with Crippen molar-refractivity contribution in [3.05, 3.63) is 94.8 Å². The summed E-state index contributed by atoms with van der Waals surface area (Å²) in [6.45, 7) is 3.03. The second kappa shape index (κ2) is 7.58. The van der Waals surface area contributed by atoms with Gasteiger partial charge in [0.15, 0.2) is 5.72 Å². The summed E-state index contributed by atoms with van der Waals surface area (Å²) in [6, 6.07) is 19.0. The Bertz CT molecular complexity index is 1330. The van der Waals surface area contributed by atoms with Crippen LogP contribution < -0.4 is 15.0 Å². The number of anilines is 1. The van der Waals surface area contributed by atoms with Crippen molar-refractivity contribution in [2.45, 2.75) is 38.1 Å². The van der Waals surface area contributed by atoms with Crippen LogP contribution in [0.15, 0.2) is 66.7 Å². The zero-order chi connectivity index (χ0) is 23.4. The molecule has 1 fully saturated rings. The van der Waals surface area contributed by atoms with Gasteiger partial charge in [-0.25, -0.2) is 9.18 Å². The molecule has 34 heavy (non-hydrogen) atoms. The van der Waals surface area contributed by atoms with Gasteiger partial charge in [0, 0.05) is 36.7 Å². The van der Waals surface area contributed by atoms with E-state index in [1.54, 1.807) is 30.3 Å². The second-order valence-electron chi connectivity index (χ2n) is 9.30. The van der Waals surface area contributed by atoms with E-state index < -0.39 is 11.5 Å². The van der Waals surface area contributed by atoms with Crippen molar-refractivity contribution in [1.29, 1.82) is 0 Å². The molecule has 2 atom stereocenters. The van der Waals surface area contributed by atoms with Crippen LogP contribution in [-0.4, -0.2) is 29.1 Å². The minimum atomic E-state index is -1.01. The number of nitrogens with one attached hydrogen (secondary N) is 1. The van der Waals surface area contributed by atoms with Gasteiger partial charge >= 0.3 is 6.03 Å². The van der Waals surface area contributed by atoms with Crippen LogP contribution in [0.4, 0.5) is 14.9 Å². The Labute approximate surface area is 196 Å². The third kappa shape index (κ3) is 3.31. The lowest BCUT2D eigenvalue weighted by atomic mass is 9.90. The molecule has 1 saturated heterocycles. The number of halogens is 1. The van der Waals surface area contributed by atoms with E-state index in [0.717, 1.165) is 17.5 Å². The SMILES string of the molecule is CC12CC(NC(=O)N1c1cccc(C(=O)N3CCc4ccccc4C3)c1)c1ccc(F)cc1O2. The summed E-state index contributed by atoms with van der Waals surface area (Å²) in [7, 11) is 0. The standard InChI is InChI=1S/C27H24FN3O3/c1-27-15-23(22-10-9-20(28)14-24(22)34-27)29-26(33)31(27)21-8-4-7-18(13-21)25(32)30-12-11-17-5-2-3-6-19(17)16-30/h2-10,13-14,23H,11-12,15-16H2,1H3,(H,29,33). The van der Waals surface area contributed by atoms with Crippen LogP contribution in [0.3, 0.4) is 0 Å². The third-order valence-electron chi connectivity index (χ3n) is 7.01. The third-order valence-corrected chi connectivity index (χ3v) is 7.01. The molecule has 3 aromatic rings. The van der Waals surface area contributed by atoms with Gasteiger partial charge in [-0.3, -0.25) is 9.69 Å². The van der Waals surface area contributed by atoms with Crippen molar-refractivity contribution in [1.82, 2.24) is 10.2 Å². The molecule has 3 aromatic carbocycles. The molecule has 0 saturated carbocycles. The van der Waals surface area contributed by atoms with Gasteiger partial charge in [-0.1, -0.05) is 36.4 Å². The monoisotopic (exact) mass is 457 g/mol. The zero-order valence-corrected chi connectivity index (χ0v) is 18.8. The number of carbonyl (C=O) groups excluding carboxylic acids is 2. The van der Waals surface area contributed by atoms with E-state index in [-0.39, 0.29) is 18.0 Å². The normalized spacial score (nSPS) is 22.9. The van der Waals surface area contributed by atoms with E-state index >= 15 is 0 Å². The smallest absolute Gasteiger partial charge is 0.325 e. The van der Waals surface area contributed by atoms with E-state index in [2.05, 4.69) is 17.4 Å². The Balaban J connectivity index is 1.30. The number of hydrogen-bond donors (Lipinski definition) is 1. The number of nitrogens with zero attached hydrogens (tertiary/aromatic N) is 2. The molecule has 0 radical (unpaired) electrons. The average Bonchev–Trinajstić information content (AvgIpc) is 2.82. The van der Waals surface area contributed by atoms with Crippen molar-refractivity contribution in [3.8, 4) is 5.75 Å². The van der Waals surface area contributed by atoms with E-state index in [1.165, 1.54) is 22.6 Å². The summed E-state index contributed by atoms with van der Waals surface area (Å²) < 4.78 is 20.1. The minimum absolute atomic E-state index is 0.0752. The largest absolute Gasteiger partial charge is 0.467 e. The molecule has 6 rings (SSSR count). The molecule has 0 aliphatic carbocycles. The predicted octanol–water partition coefficient (Wildman–Crippen LogP) is 4.79. The lowest BCUT2D eigenvalue weighted by Crippen LogP contribution is -2.65. The Morgan fingerprint density at radius 1 is 1.09 bits per heavy atom. The van der Waals surface area contributed by atoms with Crippen LogP contribution >= 0.6 is 0 Å². The fourth-order valence-electron chi connectivity index (χ4n) is 5.37. The number of fused-ring (bicyclic) bond motifs is 5. The maximum Gasteiger partial charge on any atom is 0.325 e. The van der Waals surface area contributed by atoms with Gasteiger partial charge in [-0.2, -0.15) is 0 Å². The van der Waals surface area contributed by atoms with Crippen molar-refractivity contribution in [2.75, 3.05) is 11.4 Å². The van der Waals surface area contributed by atoms with Crippen molar-refractivity contribution in [2.24, 2.45) is 0 Å². The number of ether oxygens (including phenoxy) is 1. The molecular weight excluding hydrogens is 433 g/mol. The van der Waals surface area contributed by atoms with E-state index in [1.807, 2.05) is 24.0 Å². The van der Waals surface area contributed by atoms with Gasteiger partial charge in [0.1, 0.15) is 11.6 Å². The van der Waals surface area contributed by atoms with E-state index in [0.29, 0.717) is 36.5 Å². The number of urea groups is 1. The molecular formula is C27H24FN3O3. The number of benzene rings is 3. The Morgan fingerprint density at radius 2 is 1.91 bits per heavy atom. The van der Waals surface area contributed by atoms with Crippen LogP contribution in [0.5, 0.6) is 5.75 Å². The van der Waals surface area contributed by atoms with Crippen molar-refractivity contribution in [3.63, 3.8) is 0 Å². The molecule has 172 valence electrons. The maximum absolute atomic E-state index is 13.9. The van der Waals surface area contributed by atoms with Crippen molar-refractivity contribution < 1.29 is 18.7 Å². The zero-order valence-electron chi connectivity index (χ0n) is 18.8. The first-order chi connectivity index (χ1) is 16.4. The van der Waals surface area contributed by atoms with Crippen LogP contribution in [0.25, 0.3) is 0 Å². The van der Waals surface area contributed by atoms with Crippen LogP contribution in [0.2, 0.25) is 0 Å². The Kier molecular flexibility index (Phi) is 4.62. The second-order valence-corrected chi connectivity index (χ2v) is 9.30. The van der Waals surface area contributed by atoms with Crippen LogP contribution in [0, 0.1) is 5.82 Å². The minimum Gasteiger partial charge on any atom is -0.467 e.